The molecule has 2 aromatic carbocycles. The molecule has 23 heavy (non-hydrogen) atoms. The first kappa shape index (κ1) is 15.8. The van der Waals surface area contributed by atoms with E-state index in [-0.39, 0.29) is 11.5 Å². The summed E-state index contributed by atoms with van der Waals surface area (Å²) in [5.74, 6) is 0.312. The van der Waals surface area contributed by atoms with Gasteiger partial charge in [-0.2, -0.15) is 0 Å². The maximum absolute atomic E-state index is 10.3. The van der Waals surface area contributed by atoms with Gasteiger partial charge in [0, 0.05) is 21.1 Å². The molecule has 3 N–H and O–H groups in total. The van der Waals surface area contributed by atoms with Crippen LogP contribution in [0.1, 0.15) is 11.1 Å². The van der Waals surface area contributed by atoms with Crippen LogP contribution in [0.15, 0.2) is 40.2 Å². The van der Waals surface area contributed by atoms with Crippen LogP contribution in [0, 0.1) is 13.8 Å². The second-order valence-electron chi connectivity index (χ2n) is 5.21. The Bertz CT molecular complexity index is 860. The van der Waals surface area contributed by atoms with Crippen molar-refractivity contribution in [3.63, 3.8) is 0 Å². The molecule has 3 rings (SSSR count). The molecule has 4 nitrogen and oxygen atoms in total. The number of phenols is 2. The van der Waals surface area contributed by atoms with Crippen molar-refractivity contribution in [2.45, 2.75) is 13.8 Å². The van der Waals surface area contributed by atoms with Crippen LogP contribution in [0.5, 0.6) is 11.5 Å². The summed E-state index contributed by atoms with van der Waals surface area (Å²) in [6.07, 6.45) is 0. The lowest BCUT2D eigenvalue weighted by molar-refractivity contribution is 0.454. The second kappa shape index (κ2) is 6.22. The Labute approximate surface area is 146 Å². The number of hydrogen-bond acceptors (Lipinski definition) is 5. The van der Waals surface area contributed by atoms with Crippen molar-refractivity contribution in [3.05, 3.63) is 51.3 Å². The van der Waals surface area contributed by atoms with Crippen molar-refractivity contribution in [1.82, 2.24) is 4.98 Å². The molecule has 6 heteroatoms. The van der Waals surface area contributed by atoms with Gasteiger partial charge in [-0.1, -0.05) is 15.9 Å². The minimum absolute atomic E-state index is 0.154. The Balaban J connectivity index is 1.92. The van der Waals surface area contributed by atoms with Gasteiger partial charge < -0.3 is 15.5 Å². The van der Waals surface area contributed by atoms with Gasteiger partial charge in [-0.05, 0) is 55.3 Å². The van der Waals surface area contributed by atoms with E-state index in [2.05, 4.69) is 26.2 Å². The predicted molar refractivity (Wildman–Crippen MR) is 97.8 cm³/mol. The van der Waals surface area contributed by atoms with Crippen LogP contribution in [0.25, 0.3) is 11.3 Å². The van der Waals surface area contributed by atoms with Gasteiger partial charge in [0.15, 0.2) is 5.13 Å². The summed E-state index contributed by atoms with van der Waals surface area (Å²) in [5, 5.41) is 26.1. The largest absolute Gasteiger partial charge is 0.508 e. The highest BCUT2D eigenvalue weighted by Crippen LogP contribution is 2.39. The van der Waals surface area contributed by atoms with Crippen molar-refractivity contribution in [2.24, 2.45) is 0 Å². The number of aromatic hydroxyl groups is 2. The van der Waals surface area contributed by atoms with Crippen LogP contribution < -0.4 is 5.32 Å². The van der Waals surface area contributed by atoms with Gasteiger partial charge in [-0.3, -0.25) is 0 Å². The summed E-state index contributed by atoms with van der Waals surface area (Å²) in [7, 11) is 0. The van der Waals surface area contributed by atoms with E-state index in [1.807, 2.05) is 29.6 Å². The van der Waals surface area contributed by atoms with Gasteiger partial charge in [0.2, 0.25) is 0 Å². The highest BCUT2D eigenvalue weighted by atomic mass is 79.9. The maximum Gasteiger partial charge on any atom is 0.187 e. The summed E-state index contributed by atoms with van der Waals surface area (Å²) in [5.41, 5.74) is 3.43. The van der Waals surface area contributed by atoms with E-state index in [0.29, 0.717) is 22.4 Å². The standard InChI is InChI=1S/C17H15BrN2O2S/c1-9-10(2)16(22)13(7-15(9)21)14-8-23-17(20-14)19-12-5-3-11(18)4-6-12/h3-8,21-22H,1-2H3,(H,19,20). The first-order valence-electron chi connectivity index (χ1n) is 6.96. The normalized spacial score (nSPS) is 10.7. The molecule has 0 radical (unpaired) electrons. The monoisotopic (exact) mass is 390 g/mol. The second-order valence-corrected chi connectivity index (χ2v) is 6.99. The van der Waals surface area contributed by atoms with Crippen molar-refractivity contribution >= 4 is 38.1 Å². The van der Waals surface area contributed by atoms with Crippen LogP contribution in [0.3, 0.4) is 0 Å². The van der Waals surface area contributed by atoms with Crippen LogP contribution in [-0.2, 0) is 0 Å². The molecular formula is C17H15BrN2O2S. The number of phenolic OH excluding ortho intramolecular Hbond substituents is 2. The fourth-order valence-corrected chi connectivity index (χ4v) is 3.19. The summed E-state index contributed by atoms with van der Waals surface area (Å²) >= 11 is 4.84. The molecule has 0 saturated heterocycles. The first-order chi connectivity index (χ1) is 11.0. The van der Waals surface area contributed by atoms with Crippen LogP contribution in [-0.4, -0.2) is 15.2 Å². The molecule has 0 saturated carbocycles. The lowest BCUT2D eigenvalue weighted by Gasteiger charge is -2.10. The highest BCUT2D eigenvalue weighted by molar-refractivity contribution is 9.10. The average molecular weight is 391 g/mol. The summed E-state index contributed by atoms with van der Waals surface area (Å²) < 4.78 is 1.01. The smallest absolute Gasteiger partial charge is 0.187 e. The molecule has 0 amide bonds. The molecular weight excluding hydrogens is 376 g/mol. The molecule has 1 aromatic heterocycles. The summed E-state index contributed by atoms with van der Waals surface area (Å²) in [6, 6.07) is 9.35. The van der Waals surface area contributed by atoms with Crippen molar-refractivity contribution in [2.75, 3.05) is 5.32 Å². The van der Waals surface area contributed by atoms with Gasteiger partial charge in [-0.15, -0.1) is 11.3 Å². The molecule has 118 valence electrons. The molecule has 0 spiro atoms. The van der Waals surface area contributed by atoms with Crippen LogP contribution in [0.2, 0.25) is 0 Å². The molecule has 3 aromatic rings. The molecule has 0 aliphatic heterocycles. The minimum Gasteiger partial charge on any atom is -0.508 e. The van der Waals surface area contributed by atoms with Gasteiger partial charge in [0.05, 0.1) is 5.69 Å². The summed E-state index contributed by atoms with van der Waals surface area (Å²) in [4.78, 5) is 4.50. The number of halogens is 1. The van der Waals surface area contributed by atoms with E-state index in [9.17, 15) is 10.2 Å². The van der Waals surface area contributed by atoms with Gasteiger partial charge in [0.25, 0.3) is 0 Å². The molecule has 0 unspecified atom stereocenters. The van der Waals surface area contributed by atoms with E-state index in [1.54, 1.807) is 19.9 Å². The van der Waals surface area contributed by atoms with E-state index >= 15 is 0 Å². The third-order valence-corrected chi connectivity index (χ3v) is 5.00. The number of aromatic nitrogens is 1. The van der Waals surface area contributed by atoms with Crippen molar-refractivity contribution in [3.8, 4) is 22.8 Å². The van der Waals surface area contributed by atoms with Crippen LogP contribution in [0.4, 0.5) is 10.8 Å². The van der Waals surface area contributed by atoms with E-state index in [1.165, 1.54) is 11.3 Å². The average Bonchev–Trinajstić information content (AvgIpc) is 2.99. The zero-order valence-corrected chi connectivity index (χ0v) is 15.0. The molecule has 0 aliphatic carbocycles. The Morgan fingerprint density at radius 2 is 1.78 bits per heavy atom. The van der Waals surface area contributed by atoms with E-state index in [0.717, 1.165) is 15.3 Å². The molecule has 0 fully saturated rings. The number of thiazole rings is 1. The predicted octanol–water partition coefficient (Wildman–Crippen LogP) is 5.34. The number of hydrogen-bond donors (Lipinski definition) is 3. The van der Waals surface area contributed by atoms with Crippen LogP contribution >= 0.6 is 27.3 Å². The van der Waals surface area contributed by atoms with Gasteiger partial charge in [0.1, 0.15) is 11.5 Å². The number of anilines is 2. The number of benzene rings is 2. The molecule has 0 atom stereocenters. The first-order valence-corrected chi connectivity index (χ1v) is 8.63. The van der Waals surface area contributed by atoms with Crippen molar-refractivity contribution < 1.29 is 10.2 Å². The number of nitrogens with zero attached hydrogens (tertiary/aromatic N) is 1. The Hall–Kier alpha value is -2.05. The SMILES string of the molecule is Cc1c(O)cc(-c2csc(Nc3ccc(Br)cc3)n2)c(O)c1C. The maximum atomic E-state index is 10.3. The molecule has 1 heterocycles. The van der Waals surface area contributed by atoms with Crippen molar-refractivity contribution in [1.29, 1.82) is 0 Å². The van der Waals surface area contributed by atoms with Gasteiger partial charge in [-0.25, -0.2) is 4.98 Å². The third-order valence-electron chi connectivity index (χ3n) is 3.71. The quantitative estimate of drug-likeness (QED) is 0.527. The number of rotatable bonds is 3. The van der Waals surface area contributed by atoms with Gasteiger partial charge >= 0.3 is 0 Å². The Morgan fingerprint density at radius 1 is 1.09 bits per heavy atom. The zero-order chi connectivity index (χ0) is 16.6. The minimum atomic E-state index is 0.154. The zero-order valence-electron chi connectivity index (χ0n) is 12.6. The molecule has 0 bridgehead atoms. The Morgan fingerprint density at radius 3 is 2.48 bits per heavy atom. The number of nitrogens with one attached hydrogen (secondary N) is 1. The topological polar surface area (TPSA) is 65.4 Å². The Kier molecular flexibility index (Phi) is 4.28. The lowest BCUT2D eigenvalue weighted by atomic mass is 10.0. The van der Waals surface area contributed by atoms with E-state index in [4.69, 9.17) is 0 Å². The fraction of sp³-hybridized carbons (Fsp3) is 0.118. The van der Waals surface area contributed by atoms with E-state index < -0.39 is 0 Å². The highest BCUT2D eigenvalue weighted by Gasteiger charge is 2.15. The third kappa shape index (κ3) is 3.18. The molecule has 0 aliphatic rings. The lowest BCUT2D eigenvalue weighted by Crippen LogP contribution is -1.90. The fourth-order valence-electron chi connectivity index (χ4n) is 2.19. The summed E-state index contributed by atoms with van der Waals surface area (Å²) in [6.45, 7) is 3.55.